The zero-order chi connectivity index (χ0) is 17.5. The summed E-state index contributed by atoms with van der Waals surface area (Å²) in [6.07, 6.45) is 0.997. The maximum Gasteiger partial charge on any atom is 0.230 e. The van der Waals surface area contributed by atoms with Crippen LogP contribution < -0.4 is 10.6 Å². The van der Waals surface area contributed by atoms with Gasteiger partial charge in [-0.1, -0.05) is 35.9 Å². The summed E-state index contributed by atoms with van der Waals surface area (Å²) in [6.45, 7) is 6.12. The molecule has 1 amide bonds. The van der Waals surface area contributed by atoms with Crippen LogP contribution in [-0.2, 0) is 4.79 Å². The first kappa shape index (κ1) is 21.3. The van der Waals surface area contributed by atoms with Crippen LogP contribution in [0.1, 0.15) is 6.42 Å². The number of benzene rings is 2. The van der Waals surface area contributed by atoms with Gasteiger partial charge in [-0.25, -0.2) is 0 Å². The summed E-state index contributed by atoms with van der Waals surface area (Å²) in [5.74, 6) is 0.493. The van der Waals surface area contributed by atoms with Crippen LogP contribution in [0.25, 0.3) is 10.8 Å². The van der Waals surface area contributed by atoms with Crippen molar-refractivity contribution in [3.8, 4) is 0 Å². The largest absolute Gasteiger partial charge is 0.355 e. The molecule has 7 heteroatoms. The normalized spacial score (nSPS) is 14.8. The molecule has 1 fully saturated rings. The first-order chi connectivity index (χ1) is 12.2. The standard InChI is InChI=1S/C19H24ClN3OS.ClH/c20-16-6-1-4-15-5-2-7-17(19(15)16)25-14-18(24)22-8-3-11-23-12-9-21-10-13-23;/h1-2,4-7,21H,3,8-14H2,(H,22,24);1H. The van der Waals surface area contributed by atoms with Crippen molar-refractivity contribution in [2.75, 3.05) is 45.0 Å². The van der Waals surface area contributed by atoms with E-state index >= 15 is 0 Å². The Hall–Kier alpha value is -0.980. The number of hydrogen-bond acceptors (Lipinski definition) is 4. The van der Waals surface area contributed by atoms with E-state index < -0.39 is 0 Å². The molecule has 4 nitrogen and oxygen atoms in total. The van der Waals surface area contributed by atoms with E-state index in [1.54, 1.807) is 11.8 Å². The van der Waals surface area contributed by atoms with E-state index in [9.17, 15) is 4.79 Å². The van der Waals surface area contributed by atoms with Gasteiger partial charge in [-0.3, -0.25) is 4.79 Å². The molecule has 0 aromatic heterocycles. The van der Waals surface area contributed by atoms with Gasteiger partial charge in [0.05, 0.1) is 5.75 Å². The van der Waals surface area contributed by atoms with Gasteiger partial charge in [0.25, 0.3) is 0 Å². The highest BCUT2D eigenvalue weighted by atomic mass is 35.5. The minimum absolute atomic E-state index is 0. The first-order valence-electron chi connectivity index (χ1n) is 8.74. The minimum Gasteiger partial charge on any atom is -0.355 e. The SMILES string of the molecule is Cl.O=C(CSc1cccc2cccc(Cl)c12)NCCCN1CCNCC1. The lowest BCUT2D eigenvalue weighted by molar-refractivity contribution is -0.118. The number of halogens is 2. The Balaban J connectivity index is 0.00000243. The fourth-order valence-corrected chi connectivity index (χ4v) is 4.32. The molecule has 0 aliphatic carbocycles. The molecule has 2 aromatic rings. The molecule has 3 rings (SSSR count). The second kappa shape index (κ2) is 11.0. The highest BCUT2D eigenvalue weighted by Crippen LogP contribution is 2.32. The third-order valence-electron chi connectivity index (χ3n) is 4.36. The van der Waals surface area contributed by atoms with Crippen molar-refractivity contribution in [2.24, 2.45) is 0 Å². The predicted octanol–water partition coefficient (Wildman–Crippen LogP) is 3.42. The molecular weight excluding hydrogens is 389 g/mol. The number of fused-ring (bicyclic) bond motifs is 1. The molecule has 0 unspecified atom stereocenters. The predicted molar refractivity (Wildman–Crippen MR) is 114 cm³/mol. The van der Waals surface area contributed by atoms with Crippen LogP contribution in [0, 0.1) is 0 Å². The van der Waals surface area contributed by atoms with Crippen LogP contribution >= 0.6 is 35.8 Å². The van der Waals surface area contributed by atoms with E-state index in [0.29, 0.717) is 5.75 Å². The number of carbonyl (C=O) groups excluding carboxylic acids is 1. The highest BCUT2D eigenvalue weighted by Gasteiger charge is 2.10. The Morgan fingerprint density at radius 3 is 2.69 bits per heavy atom. The Kier molecular flexibility index (Phi) is 9.02. The molecule has 2 aromatic carbocycles. The fraction of sp³-hybridized carbons (Fsp3) is 0.421. The van der Waals surface area contributed by atoms with E-state index in [-0.39, 0.29) is 18.3 Å². The number of piperazine rings is 1. The maximum atomic E-state index is 12.1. The van der Waals surface area contributed by atoms with E-state index in [2.05, 4.69) is 15.5 Å². The van der Waals surface area contributed by atoms with Gasteiger partial charge in [-0.2, -0.15) is 0 Å². The lowest BCUT2D eigenvalue weighted by Gasteiger charge is -2.27. The smallest absolute Gasteiger partial charge is 0.230 e. The van der Waals surface area contributed by atoms with E-state index in [1.807, 2.05) is 36.4 Å². The van der Waals surface area contributed by atoms with Crippen LogP contribution in [0.15, 0.2) is 41.3 Å². The van der Waals surface area contributed by atoms with Gasteiger partial charge in [0.15, 0.2) is 0 Å². The summed E-state index contributed by atoms with van der Waals surface area (Å²) >= 11 is 7.87. The molecule has 0 spiro atoms. The Labute approximate surface area is 170 Å². The molecule has 0 bridgehead atoms. The molecule has 0 saturated carbocycles. The zero-order valence-corrected chi connectivity index (χ0v) is 17.1. The molecule has 1 aliphatic heterocycles. The Bertz CT molecular complexity index is 718. The number of nitrogens with zero attached hydrogens (tertiary/aromatic N) is 1. The van der Waals surface area contributed by atoms with Crippen LogP contribution in [0.2, 0.25) is 5.02 Å². The van der Waals surface area contributed by atoms with Crippen molar-refractivity contribution >= 4 is 52.4 Å². The van der Waals surface area contributed by atoms with E-state index in [0.717, 1.165) is 66.4 Å². The number of hydrogen-bond donors (Lipinski definition) is 2. The lowest BCUT2D eigenvalue weighted by atomic mass is 10.1. The molecule has 0 atom stereocenters. The molecule has 142 valence electrons. The van der Waals surface area contributed by atoms with Crippen LogP contribution in [0.3, 0.4) is 0 Å². The number of rotatable bonds is 7. The van der Waals surface area contributed by atoms with Crippen molar-refractivity contribution in [2.45, 2.75) is 11.3 Å². The lowest BCUT2D eigenvalue weighted by Crippen LogP contribution is -2.44. The van der Waals surface area contributed by atoms with Gasteiger partial charge in [-0.15, -0.1) is 24.2 Å². The second-order valence-corrected chi connectivity index (χ2v) is 7.60. The van der Waals surface area contributed by atoms with Crippen molar-refractivity contribution in [1.29, 1.82) is 0 Å². The average molecular weight is 414 g/mol. The molecule has 1 aliphatic rings. The van der Waals surface area contributed by atoms with Crippen molar-refractivity contribution < 1.29 is 4.79 Å². The van der Waals surface area contributed by atoms with Crippen molar-refractivity contribution in [3.05, 3.63) is 41.4 Å². The molecular formula is C19H25Cl2N3OS. The molecule has 1 saturated heterocycles. The number of thioether (sulfide) groups is 1. The van der Waals surface area contributed by atoms with Gasteiger partial charge in [0, 0.05) is 48.0 Å². The van der Waals surface area contributed by atoms with Crippen molar-refractivity contribution in [3.63, 3.8) is 0 Å². The fourth-order valence-electron chi connectivity index (χ4n) is 3.04. The summed E-state index contributed by atoms with van der Waals surface area (Å²) in [6, 6.07) is 12.0. The average Bonchev–Trinajstić information content (AvgIpc) is 2.64. The quantitative estimate of drug-likeness (QED) is 0.539. The number of amides is 1. The summed E-state index contributed by atoms with van der Waals surface area (Å²) in [5.41, 5.74) is 0. The Morgan fingerprint density at radius 2 is 1.92 bits per heavy atom. The molecule has 1 heterocycles. The van der Waals surface area contributed by atoms with Gasteiger partial charge < -0.3 is 15.5 Å². The minimum atomic E-state index is 0. The number of carbonyl (C=O) groups is 1. The Morgan fingerprint density at radius 1 is 1.19 bits per heavy atom. The third-order valence-corrected chi connectivity index (χ3v) is 5.73. The molecule has 26 heavy (non-hydrogen) atoms. The van der Waals surface area contributed by atoms with Crippen LogP contribution in [-0.4, -0.2) is 55.8 Å². The number of nitrogens with one attached hydrogen (secondary N) is 2. The second-order valence-electron chi connectivity index (χ2n) is 6.18. The zero-order valence-electron chi connectivity index (χ0n) is 14.7. The summed E-state index contributed by atoms with van der Waals surface area (Å²) in [5, 5.41) is 9.24. The molecule has 2 N–H and O–H groups in total. The van der Waals surface area contributed by atoms with Crippen LogP contribution in [0.5, 0.6) is 0 Å². The van der Waals surface area contributed by atoms with Gasteiger partial charge >= 0.3 is 0 Å². The molecule has 0 radical (unpaired) electrons. The summed E-state index contributed by atoms with van der Waals surface area (Å²) < 4.78 is 0. The van der Waals surface area contributed by atoms with E-state index in [1.165, 1.54) is 0 Å². The summed E-state index contributed by atoms with van der Waals surface area (Å²) in [4.78, 5) is 15.6. The maximum absolute atomic E-state index is 12.1. The van der Waals surface area contributed by atoms with E-state index in [4.69, 9.17) is 11.6 Å². The topological polar surface area (TPSA) is 44.4 Å². The highest BCUT2D eigenvalue weighted by molar-refractivity contribution is 8.00. The van der Waals surface area contributed by atoms with Gasteiger partial charge in [-0.05, 0) is 30.5 Å². The van der Waals surface area contributed by atoms with Gasteiger partial charge in [0.2, 0.25) is 5.91 Å². The van der Waals surface area contributed by atoms with Gasteiger partial charge in [0.1, 0.15) is 0 Å². The van der Waals surface area contributed by atoms with Crippen LogP contribution in [0.4, 0.5) is 0 Å². The monoisotopic (exact) mass is 413 g/mol. The summed E-state index contributed by atoms with van der Waals surface area (Å²) in [7, 11) is 0. The van der Waals surface area contributed by atoms with Crippen molar-refractivity contribution in [1.82, 2.24) is 15.5 Å². The third kappa shape index (κ3) is 6.03. The first-order valence-corrected chi connectivity index (χ1v) is 10.1.